The topological polar surface area (TPSA) is 33.2 Å². The van der Waals surface area contributed by atoms with Crippen LogP contribution in [0.1, 0.15) is 16.6 Å². The number of amides is 1. The number of hydrogen-bond donors (Lipinski definition) is 0. The van der Waals surface area contributed by atoms with Gasteiger partial charge in [-0.2, -0.15) is 0 Å². The minimum atomic E-state index is -0.00458. The van der Waals surface area contributed by atoms with E-state index >= 15 is 0 Å². The van der Waals surface area contributed by atoms with Gasteiger partial charge < -0.3 is 4.90 Å². The van der Waals surface area contributed by atoms with Gasteiger partial charge in [0.05, 0.1) is 11.2 Å². The molecular weight excluding hydrogens is 292 g/mol. The number of carbonyl (C=O) groups is 1. The quantitative estimate of drug-likeness (QED) is 0.712. The Labute approximate surface area is 133 Å². The fraction of sp³-hybridized carbons (Fsp3) is 0.111. The van der Waals surface area contributed by atoms with Crippen molar-refractivity contribution < 1.29 is 4.79 Å². The van der Waals surface area contributed by atoms with Gasteiger partial charge in [-0.1, -0.05) is 48.5 Å². The molecule has 1 aromatic heterocycles. The summed E-state index contributed by atoms with van der Waals surface area (Å²) in [6, 6.07) is 19.6. The third-order valence-electron chi connectivity index (χ3n) is 3.44. The molecule has 1 heterocycles. The van der Waals surface area contributed by atoms with Crippen molar-refractivity contribution in [3.8, 4) is 11.3 Å². The van der Waals surface area contributed by atoms with Crippen molar-refractivity contribution in [2.24, 2.45) is 0 Å². The Morgan fingerprint density at radius 1 is 1.05 bits per heavy atom. The molecular formula is C18H16N2OS. The van der Waals surface area contributed by atoms with E-state index in [4.69, 9.17) is 0 Å². The lowest BCUT2D eigenvalue weighted by Gasteiger charge is -2.20. The molecule has 0 saturated heterocycles. The fourth-order valence-corrected chi connectivity index (χ4v) is 3.13. The molecule has 4 heteroatoms. The number of carbonyl (C=O) groups excluding carboxylic acids is 1. The van der Waals surface area contributed by atoms with E-state index in [-0.39, 0.29) is 5.91 Å². The average Bonchev–Trinajstić information content (AvgIpc) is 3.07. The Morgan fingerprint density at radius 2 is 1.68 bits per heavy atom. The van der Waals surface area contributed by atoms with Crippen molar-refractivity contribution in [1.82, 2.24) is 4.98 Å². The summed E-state index contributed by atoms with van der Waals surface area (Å²) in [5.74, 6) is -0.00458. The van der Waals surface area contributed by atoms with Gasteiger partial charge in [-0.3, -0.25) is 4.79 Å². The molecule has 2 aromatic carbocycles. The Balaban J connectivity index is 1.98. The van der Waals surface area contributed by atoms with Gasteiger partial charge in [0.15, 0.2) is 0 Å². The first kappa shape index (κ1) is 14.5. The summed E-state index contributed by atoms with van der Waals surface area (Å²) in [6.45, 7) is 2.60. The van der Waals surface area contributed by atoms with Crippen LogP contribution in [0.25, 0.3) is 11.3 Å². The number of thiazole rings is 1. The van der Waals surface area contributed by atoms with Crippen molar-refractivity contribution in [2.75, 3.05) is 11.4 Å². The fourth-order valence-electron chi connectivity index (χ4n) is 2.37. The summed E-state index contributed by atoms with van der Waals surface area (Å²) in [5, 5.41) is 0. The van der Waals surface area contributed by atoms with E-state index < -0.39 is 0 Å². The minimum absolute atomic E-state index is 0.00458. The molecule has 22 heavy (non-hydrogen) atoms. The predicted molar refractivity (Wildman–Crippen MR) is 91.3 cm³/mol. The summed E-state index contributed by atoms with van der Waals surface area (Å²) in [4.78, 5) is 19.8. The van der Waals surface area contributed by atoms with E-state index in [2.05, 4.69) is 4.98 Å². The maximum absolute atomic E-state index is 12.9. The first-order chi connectivity index (χ1) is 10.8. The zero-order chi connectivity index (χ0) is 15.4. The summed E-state index contributed by atoms with van der Waals surface area (Å²) >= 11 is 1.39. The molecule has 0 unspecified atom stereocenters. The smallest absolute Gasteiger partial charge is 0.270 e. The van der Waals surface area contributed by atoms with Gasteiger partial charge in [0.25, 0.3) is 5.91 Å². The molecule has 0 aliphatic carbocycles. The summed E-state index contributed by atoms with van der Waals surface area (Å²) < 4.78 is 0. The highest BCUT2D eigenvalue weighted by molar-refractivity contribution is 7.12. The standard InChI is InChI=1S/C18H16N2OS/c1-2-20(15-11-7-4-8-12-15)18(21)17-16(19-13-22-17)14-9-5-3-6-10-14/h3-13H,2H2,1H3. The molecule has 3 aromatic rings. The van der Waals surface area contributed by atoms with Crippen LogP contribution in [-0.2, 0) is 0 Å². The van der Waals surface area contributed by atoms with Crippen LogP contribution in [0.2, 0.25) is 0 Å². The number of aromatic nitrogens is 1. The molecule has 1 amide bonds. The summed E-state index contributed by atoms with van der Waals surface area (Å²) in [7, 11) is 0. The first-order valence-electron chi connectivity index (χ1n) is 7.17. The van der Waals surface area contributed by atoms with Crippen LogP contribution in [0.4, 0.5) is 5.69 Å². The zero-order valence-electron chi connectivity index (χ0n) is 12.3. The normalized spacial score (nSPS) is 10.4. The van der Waals surface area contributed by atoms with Crippen molar-refractivity contribution >= 4 is 22.9 Å². The van der Waals surface area contributed by atoms with Gasteiger partial charge in [0, 0.05) is 17.8 Å². The van der Waals surface area contributed by atoms with Gasteiger partial charge in [-0.15, -0.1) is 11.3 Å². The summed E-state index contributed by atoms with van der Waals surface area (Å²) in [5.41, 5.74) is 4.36. The molecule has 0 fully saturated rings. The Kier molecular flexibility index (Phi) is 4.30. The monoisotopic (exact) mass is 308 g/mol. The van der Waals surface area contributed by atoms with Crippen LogP contribution < -0.4 is 4.90 Å². The lowest BCUT2D eigenvalue weighted by Crippen LogP contribution is -2.30. The van der Waals surface area contributed by atoms with Crippen molar-refractivity contribution in [1.29, 1.82) is 0 Å². The summed E-state index contributed by atoms with van der Waals surface area (Å²) in [6.07, 6.45) is 0. The number of nitrogens with zero attached hydrogens (tertiary/aromatic N) is 2. The van der Waals surface area contributed by atoms with Gasteiger partial charge >= 0.3 is 0 Å². The highest BCUT2D eigenvalue weighted by Crippen LogP contribution is 2.28. The van der Waals surface area contributed by atoms with Crippen LogP contribution in [0.15, 0.2) is 66.2 Å². The second kappa shape index (κ2) is 6.54. The van der Waals surface area contributed by atoms with Crippen LogP contribution >= 0.6 is 11.3 Å². The highest BCUT2D eigenvalue weighted by Gasteiger charge is 2.22. The molecule has 0 radical (unpaired) electrons. The van der Waals surface area contributed by atoms with Gasteiger partial charge in [-0.25, -0.2) is 4.98 Å². The second-order valence-electron chi connectivity index (χ2n) is 4.78. The molecule has 0 atom stereocenters. The minimum Gasteiger partial charge on any atom is -0.308 e. The molecule has 110 valence electrons. The number of rotatable bonds is 4. The molecule has 0 bridgehead atoms. The van der Waals surface area contributed by atoms with Gasteiger partial charge in [0.2, 0.25) is 0 Å². The Bertz CT molecular complexity index is 753. The number of benzene rings is 2. The van der Waals surface area contributed by atoms with Crippen molar-refractivity contribution in [2.45, 2.75) is 6.92 Å². The maximum atomic E-state index is 12.9. The van der Waals surface area contributed by atoms with E-state index in [0.29, 0.717) is 11.4 Å². The van der Waals surface area contributed by atoms with E-state index in [0.717, 1.165) is 16.9 Å². The van der Waals surface area contributed by atoms with E-state index in [1.165, 1.54) is 11.3 Å². The number of anilines is 1. The zero-order valence-corrected chi connectivity index (χ0v) is 13.1. The molecule has 3 nitrogen and oxygen atoms in total. The average molecular weight is 308 g/mol. The SMILES string of the molecule is CCN(C(=O)c1scnc1-c1ccccc1)c1ccccc1. The number of hydrogen-bond acceptors (Lipinski definition) is 3. The largest absolute Gasteiger partial charge is 0.308 e. The van der Waals surface area contributed by atoms with Crippen molar-refractivity contribution in [3.05, 3.63) is 71.1 Å². The van der Waals surface area contributed by atoms with E-state index in [1.807, 2.05) is 67.6 Å². The molecule has 0 spiro atoms. The molecule has 0 N–H and O–H groups in total. The lowest BCUT2D eigenvalue weighted by atomic mass is 10.1. The van der Waals surface area contributed by atoms with Gasteiger partial charge in [-0.05, 0) is 19.1 Å². The van der Waals surface area contributed by atoms with E-state index in [9.17, 15) is 4.79 Å². The Morgan fingerprint density at radius 3 is 2.32 bits per heavy atom. The molecule has 3 rings (SSSR count). The third-order valence-corrected chi connectivity index (χ3v) is 4.25. The van der Waals surface area contributed by atoms with E-state index in [1.54, 1.807) is 10.4 Å². The molecule has 0 aliphatic heterocycles. The van der Waals surface area contributed by atoms with Crippen LogP contribution in [0.5, 0.6) is 0 Å². The Hall–Kier alpha value is -2.46. The van der Waals surface area contributed by atoms with Crippen LogP contribution in [-0.4, -0.2) is 17.4 Å². The van der Waals surface area contributed by atoms with Crippen molar-refractivity contribution in [3.63, 3.8) is 0 Å². The molecule has 0 aliphatic rings. The van der Waals surface area contributed by atoms with Crippen LogP contribution in [0.3, 0.4) is 0 Å². The van der Waals surface area contributed by atoms with Gasteiger partial charge in [0.1, 0.15) is 4.88 Å². The highest BCUT2D eigenvalue weighted by atomic mass is 32.1. The predicted octanol–water partition coefficient (Wildman–Crippen LogP) is 4.48. The first-order valence-corrected chi connectivity index (χ1v) is 8.05. The third kappa shape index (κ3) is 2.78. The second-order valence-corrected chi connectivity index (χ2v) is 5.64. The number of para-hydroxylation sites is 1. The lowest BCUT2D eigenvalue weighted by molar-refractivity contribution is 0.0992. The van der Waals surface area contributed by atoms with Crippen LogP contribution in [0, 0.1) is 0 Å². The molecule has 0 saturated carbocycles. The maximum Gasteiger partial charge on any atom is 0.270 e.